The topological polar surface area (TPSA) is 45.8 Å². The number of nitrogens with zero attached hydrogens (tertiary/aromatic N) is 1. The van der Waals surface area contributed by atoms with Crippen LogP contribution in [0.5, 0.6) is 0 Å². The van der Waals surface area contributed by atoms with Crippen LogP contribution in [-0.2, 0) is 6.18 Å². The average molecular weight is 272 g/mol. The fraction of sp³-hybridized carbons (Fsp3) is 0.0909. The van der Waals surface area contributed by atoms with Gasteiger partial charge in [-0.1, -0.05) is 6.07 Å². The summed E-state index contributed by atoms with van der Waals surface area (Å²) in [5.74, 6) is -0.458. The van der Waals surface area contributed by atoms with Gasteiger partial charge in [0.15, 0.2) is 0 Å². The maximum absolute atomic E-state index is 12.5. The lowest BCUT2D eigenvalue weighted by Crippen LogP contribution is -2.08. The summed E-state index contributed by atoms with van der Waals surface area (Å²) in [7, 11) is 0. The lowest BCUT2D eigenvalue weighted by molar-refractivity contribution is -0.139. The van der Waals surface area contributed by atoms with Crippen LogP contribution in [0.15, 0.2) is 35.4 Å². The van der Waals surface area contributed by atoms with Crippen molar-refractivity contribution in [3.8, 4) is 0 Å². The van der Waals surface area contributed by atoms with Crippen molar-refractivity contribution in [3.63, 3.8) is 0 Å². The molecule has 2 rings (SSSR count). The third kappa shape index (κ3) is 2.40. The number of aromatic nitrogens is 2. The first-order valence-corrected chi connectivity index (χ1v) is 5.29. The van der Waals surface area contributed by atoms with E-state index < -0.39 is 17.5 Å². The molecule has 7 heteroatoms. The van der Waals surface area contributed by atoms with Gasteiger partial charge in [-0.3, -0.25) is 9.89 Å². The summed E-state index contributed by atoms with van der Waals surface area (Å²) < 4.78 is 37.5. The molecule has 0 saturated heterocycles. The quantitative estimate of drug-likeness (QED) is 0.652. The van der Waals surface area contributed by atoms with Gasteiger partial charge in [-0.2, -0.15) is 18.3 Å². The third-order valence-corrected chi connectivity index (χ3v) is 2.67. The van der Waals surface area contributed by atoms with Crippen LogP contribution in [0.4, 0.5) is 13.2 Å². The van der Waals surface area contributed by atoms with Crippen molar-refractivity contribution >= 4 is 18.4 Å². The molecule has 1 aromatic carbocycles. The summed E-state index contributed by atoms with van der Waals surface area (Å²) in [6.07, 6.45) is -3.02. The van der Waals surface area contributed by atoms with E-state index in [9.17, 15) is 18.0 Å². The molecule has 18 heavy (non-hydrogen) atoms. The zero-order chi connectivity index (χ0) is 13.3. The number of thiol groups is 1. The highest BCUT2D eigenvalue weighted by Gasteiger charge is 2.33. The van der Waals surface area contributed by atoms with Crippen molar-refractivity contribution in [2.24, 2.45) is 0 Å². The summed E-state index contributed by atoms with van der Waals surface area (Å²) in [4.78, 5) is 11.5. The minimum atomic E-state index is -4.48. The van der Waals surface area contributed by atoms with Crippen LogP contribution in [0.1, 0.15) is 21.6 Å². The highest BCUT2D eigenvalue weighted by molar-refractivity contribution is 7.80. The number of benzene rings is 1. The summed E-state index contributed by atoms with van der Waals surface area (Å²) in [5, 5.41) is 6.13. The van der Waals surface area contributed by atoms with Crippen LogP contribution in [0.3, 0.4) is 0 Å². The molecule has 0 bridgehead atoms. The predicted molar refractivity (Wildman–Crippen MR) is 60.7 cm³/mol. The second-order valence-electron chi connectivity index (χ2n) is 3.52. The second-order valence-corrected chi connectivity index (χ2v) is 4.00. The Labute approximate surface area is 105 Å². The molecular formula is C11H7F3N2OS. The molecule has 1 N–H and O–H groups in total. The zero-order valence-electron chi connectivity index (χ0n) is 8.82. The largest absolute Gasteiger partial charge is 0.417 e. The number of alkyl halides is 3. The second kappa shape index (κ2) is 4.49. The fourth-order valence-corrected chi connectivity index (χ4v) is 1.79. The Hall–Kier alpha value is -1.76. The minimum Gasteiger partial charge on any atom is -0.287 e. The molecule has 0 radical (unpaired) electrons. The van der Waals surface area contributed by atoms with E-state index in [2.05, 4.69) is 22.8 Å². The Morgan fingerprint density at radius 3 is 2.50 bits per heavy atom. The number of H-pyrrole nitrogens is 1. The van der Waals surface area contributed by atoms with Crippen LogP contribution in [0.25, 0.3) is 0 Å². The molecule has 3 nitrogen and oxygen atoms in total. The number of ketones is 1. The van der Waals surface area contributed by atoms with Crippen molar-refractivity contribution in [2.45, 2.75) is 11.1 Å². The zero-order valence-corrected chi connectivity index (χ0v) is 9.72. The van der Waals surface area contributed by atoms with Crippen molar-refractivity contribution in [2.75, 3.05) is 0 Å². The van der Waals surface area contributed by atoms with Gasteiger partial charge in [0.1, 0.15) is 5.69 Å². The van der Waals surface area contributed by atoms with Crippen LogP contribution >= 0.6 is 12.6 Å². The van der Waals surface area contributed by atoms with Gasteiger partial charge in [0.25, 0.3) is 0 Å². The Balaban J connectivity index is 2.38. The molecular weight excluding hydrogens is 265 g/mol. The molecule has 1 heterocycles. The maximum Gasteiger partial charge on any atom is 0.417 e. The lowest BCUT2D eigenvalue weighted by Gasteiger charge is -2.10. The predicted octanol–water partition coefficient (Wildman–Crippen LogP) is 2.95. The van der Waals surface area contributed by atoms with E-state index in [0.717, 1.165) is 18.2 Å². The molecule has 0 aliphatic rings. The highest BCUT2D eigenvalue weighted by Crippen LogP contribution is 2.34. The molecule has 0 fully saturated rings. The molecule has 0 saturated carbocycles. The summed E-state index contributed by atoms with van der Waals surface area (Å²) in [5.41, 5.74) is -0.619. The molecule has 0 aliphatic heterocycles. The number of rotatable bonds is 2. The van der Waals surface area contributed by atoms with Crippen molar-refractivity contribution in [1.29, 1.82) is 0 Å². The minimum absolute atomic E-state index is 0.111. The SMILES string of the molecule is O=C(c1ccc(C(F)(F)F)c(S)c1)c1cc[nH]n1. The van der Waals surface area contributed by atoms with Crippen molar-refractivity contribution in [1.82, 2.24) is 10.2 Å². The molecule has 2 aromatic rings. The number of hydrogen-bond acceptors (Lipinski definition) is 3. The Kier molecular flexibility index (Phi) is 3.16. The lowest BCUT2D eigenvalue weighted by atomic mass is 10.1. The molecule has 0 aliphatic carbocycles. The Morgan fingerprint density at radius 2 is 2.00 bits per heavy atom. The Morgan fingerprint density at radius 1 is 1.28 bits per heavy atom. The summed E-state index contributed by atoms with van der Waals surface area (Å²) in [6.45, 7) is 0. The normalized spacial score (nSPS) is 11.6. The molecule has 0 atom stereocenters. The van der Waals surface area contributed by atoms with E-state index >= 15 is 0 Å². The number of aromatic amines is 1. The number of halogens is 3. The van der Waals surface area contributed by atoms with Gasteiger partial charge in [-0.15, -0.1) is 12.6 Å². The summed E-state index contributed by atoms with van der Waals surface area (Å²) in [6, 6.07) is 4.48. The van der Waals surface area contributed by atoms with E-state index in [0.29, 0.717) is 0 Å². The average Bonchev–Trinajstić information content (AvgIpc) is 2.79. The first-order valence-electron chi connectivity index (χ1n) is 4.84. The molecule has 0 amide bonds. The van der Waals surface area contributed by atoms with Gasteiger partial charge in [-0.25, -0.2) is 0 Å². The van der Waals surface area contributed by atoms with Crippen LogP contribution in [-0.4, -0.2) is 16.0 Å². The number of carbonyl (C=O) groups excluding carboxylic acids is 1. The molecule has 94 valence electrons. The smallest absolute Gasteiger partial charge is 0.287 e. The Bertz CT molecular complexity index is 578. The van der Waals surface area contributed by atoms with E-state index in [1.807, 2.05) is 0 Å². The molecule has 1 aromatic heterocycles. The standard InChI is InChI=1S/C11H7F3N2OS/c12-11(13,14)7-2-1-6(5-9(7)18)10(17)8-3-4-15-16-8/h1-5,18H,(H,15,16). The van der Waals surface area contributed by atoms with E-state index in [4.69, 9.17) is 0 Å². The highest BCUT2D eigenvalue weighted by atomic mass is 32.1. The van der Waals surface area contributed by atoms with Crippen molar-refractivity contribution < 1.29 is 18.0 Å². The van der Waals surface area contributed by atoms with Gasteiger partial charge >= 0.3 is 6.18 Å². The van der Waals surface area contributed by atoms with E-state index in [1.165, 1.54) is 12.3 Å². The number of carbonyl (C=O) groups is 1. The van der Waals surface area contributed by atoms with Gasteiger partial charge in [-0.05, 0) is 18.2 Å². The van der Waals surface area contributed by atoms with Gasteiger partial charge in [0.2, 0.25) is 5.78 Å². The van der Waals surface area contributed by atoms with E-state index in [1.54, 1.807) is 0 Å². The summed E-state index contributed by atoms with van der Waals surface area (Å²) >= 11 is 3.75. The fourth-order valence-electron chi connectivity index (χ4n) is 1.45. The molecule has 0 unspecified atom stereocenters. The van der Waals surface area contributed by atoms with Crippen LogP contribution in [0, 0.1) is 0 Å². The van der Waals surface area contributed by atoms with Crippen molar-refractivity contribution in [3.05, 3.63) is 47.3 Å². The van der Waals surface area contributed by atoms with Gasteiger partial charge < -0.3 is 0 Å². The first-order chi connectivity index (χ1) is 8.39. The monoisotopic (exact) mass is 272 g/mol. The van der Waals surface area contributed by atoms with Crippen LogP contribution in [0.2, 0.25) is 0 Å². The first kappa shape index (κ1) is 12.7. The maximum atomic E-state index is 12.5. The number of nitrogens with one attached hydrogen (secondary N) is 1. The third-order valence-electron chi connectivity index (χ3n) is 2.30. The number of hydrogen-bond donors (Lipinski definition) is 2. The van der Waals surface area contributed by atoms with Crippen LogP contribution < -0.4 is 0 Å². The van der Waals surface area contributed by atoms with E-state index in [-0.39, 0.29) is 16.2 Å². The van der Waals surface area contributed by atoms with Gasteiger partial charge in [0.05, 0.1) is 5.56 Å². The van der Waals surface area contributed by atoms with Gasteiger partial charge in [0, 0.05) is 16.7 Å². The molecule has 0 spiro atoms.